The standard InChI is InChI=1S/C14H13O2/c15-13-7-4-8-14(16)12(13)10-9-11-5-2-1-3-6-11/h1-3,5-6,10,12H,4,7-8H2. The highest BCUT2D eigenvalue weighted by atomic mass is 16.2. The first-order valence-electron chi connectivity index (χ1n) is 5.48. The molecule has 1 radical (unpaired) electrons. The van der Waals surface area contributed by atoms with Crippen molar-refractivity contribution >= 4 is 11.6 Å². The van der Waals surface area contributed by atoms with Crippen LogP contribution in [0.15, 0.2) is 36.4 Å². The molecule has 0 atom stereocenters. The fourth-order valence-electron chi connectivity index (χ4n) is 1.83. The predicted octanol–water partition coefficient (Wildman–Crippen LogP) is 2.33. The molecular weight excluding hydrogens is 200 g/mol. The normalized spacial score (nSPS) is 18.2. The number of carbonyl (C=O) groups is 2. The molecule has 0 spiro atoms. The Kier molecular flexibility index (Phi) is 3.30. The van der Waals surface area contributed by atoms with Gasteiger partial charge in [0, 0.05) is 12.8 Å². The van der Waals surface area contributed by atoms with Crippen molar-refractivity contribution < 1.29 is 9.59 Å². The van der Waals surface area contributed by atoms with Gasteiger partial charge < -0.3 is 0 Å². The van der Waals surface area contributed by atoms with Crippen LogP contribution in [0, 0.1) is 12.0 Å². The van der Waals surface area contributed by atoms with Gasteiger partial charge in [-0.1, -0.05) is 36.4 Å². The molecule has 2 heteroatoms. The minimum absolute atomic E-state index is 0.0275. The molecule has 2 nitrogen and oxygen atoms in total. The number of rotatable bonds is 2. The van der Waals surface area contributed by atoms with E-state index in [2.05, 4.69) is 6.08 Å². The van der Waals surface area contributed by atoms with E-state index < -0.39 is 5.92 Å². The Morgan fingerprint density at radius 1 is 1.06 bits per heavy atom. The highest BCUT2D eigenvalue weighted by Gasteiger charge is 2.27. The van der Waals surface area contributed by atoms with Gasteiger partial charge >= 0.3 is 0 Å². The van der Waals surface area contributed by atoms with Crippen LogP contribution in [0.25, 0.3) is 0 Å². The third-order valence-corrected chi connectivity index (χ3v) is 2.73. The highest BCUT2D eigenvalue weighted by molar-refractivity contribution is 6.06. The maximum absolute atomic E-state index is 11.5. The number of Topliss-reactive ketones (excluding diaryl/α,β-unsaturated/α-hetero) is 2. The SMILES string of the molecule is O=C1CCCC(=O)C1C=[C]c1ccccc1. The second-order valence-electron chi connectivity index (χ2n) is 3.94. The second-order valence-corrected chi connectivity index (χ2v) is 3.94. The molecule has 0 aliphatic heterocycles. The molecule has 1 aliphatic rings. The summed E-state index contributed by atoms with van der Waals surface area (Å²) in [5.41, 5.74) is 0.897. The maximum Gasteiger partial charge on any atom is 0.147 e. The van der Waals surface area contributed by atoms with Crippen molar-refractivity contribution in [2.24, 2.45) is 5.92 Å². The molecule has 0 aromatic heterocycles. The van der Waals surface area contributed by atoms with Gasteiger partial charge in [-0.2, -0.15) is 0 Å². The van der Waals surface area contributed by atoms with Gasteiger partial charge in [-0.05, 0) is 18.1 Å². The first-order chi connectivity index (χ1) is 7.77. The van der Waals surface area contributed by atoms with E-state index in [-0.39, 0.29) is 11.6 Å². The van der Waals surface area contributed by atoms with Crippen LogP contribution in [0.5, 0.6) is 0 Å². The Morgan fingerprint density at radius 3 is 2.31 bits per heavy atom. The molecule has 0 amide bonds. The van der Waals surface area contributed by atoms with Gasteiger partial charge in [0.25, 0.3) is 0 Å². The Bertz CT molecular complexity index is 402. The average molecular weight is 213 g/mol. The van der Waals surface area contributed by atoms with Gasteiger partial charge in [-0.25, -0.2) is 0 Å². The van der Waals surface area contributed by atoms with Crippen LogP contribution in [0.1, 0.15) is 24.8 Å². The number of allylic oxidation sites excluding steroid dienone is 1. The molecule has 2 rings (SSSR count). The fraction of sp³-hybridized carbons (Fsp3) is 0.286. The van der Waals surface area contributed by atoms with Crippen molar-refractivity contribution in [3.63, 3.8) is 0 Å². The fourth-order valence-corrected chi connectivity index (χ4v) is 1.83. The van der Waals surface area contributed by atoms with Crippen molar-refractivity contribution in [2.75, 3.05) is 0 Å². The van der Waals surface area contributed by atoms with E-state index in [9.17, 15) is 9.59 Å². The predicted molar refractivity (Wildman–Crippen MR) is 60.7 cm³/mol. The van der Waals surface area contributed by atoms with E-state index >= 15 is 0 Å². The molecular formula is C14H13O2. The summed E-state index contributed by atoms with van der Waals surface area (Å²) in [6, 6.07) is 9.52. The molecule has 1 fully saturated rings. The smallest absolute Gasteiger partial charge is 0.147 e. The Morgan fingerprint density at radius 2 is 1.69 bits per heavy atom. The zero-order valence-corrected chi connectivity index (χ0v) is 8.98. The van der Waals surface area contributed by atoms with Crippen LogP contribution in [0.4, 0.5) is 0 Å². The summed E-state index contributed by atoms with van der Waals surface area (Å²) in [6.07, 6.45) is 6.36. The van der Waals surface area contributed by atoms with E-state index in [0.717, 1.165) is 5.56 Å². The Hall–Kier alpha value is -1.70. The second kappa shape index (κ2) is 4.88. The van der Waals surface area contributed by atoms with Crippen LogP contribution >= 0.6 is 0 Å². The molecule has 1 aliphatic carbocycles. The molecule has 0 unspecified atom stereocenters. The van der Waals surface area contributed by atoms with Gasteiger partial charge in [-0.3, -0.25) is 9.59 Å². The highest BCUT2D eigenvalue weighted by Crippen LogP contribution is 2.18. The lowest BCUT2D eigenvalue weighted by molar-refractivity contribution is -0.133. The molecule has 81 valence electrons. The van der Waals surface area contributed by atoms with Crippen molar-refractivity contribution in [3.05, 3.63) is 48.0 Å². The largest absolute Gasteiger partial charge is 0.299 e. The molecule has 0 N–H and O–H groups in total. The third kappa shape index (κ3) is 2.45. The summed E-state index contributed by atoms with van der Waals surface area (Å²) in [4.78, 5) is 23.1. The van der Waals surface area contributed by atoms with Crippen molar-refractivity contribution in [1.82, 2.24) is 0 Å². The minimum Gasteiger partial charge on any atom is -0.299 e. The number of hydrogen-bond donors (Lipinski definition) is 0. The minimum atomic E-state index is -0.561. The molecule has 0 saturated heterocycles. The lowest BCUT2D eigenvalue weighted by Crippen LogP contribution is -2.26. The Balaban J connectivity index is 2.11. The summed E-state index contributed by atoms with van der Waals surface area (Å²) in [5, 5.41) is 0. The van der Waals surface area contributed by atoms with Crippen LogP contribution in [0.3, 0.4) is 0 Å². The first kappa shape index (κ1) is 10.8. The number of ketones is 2. The van der Waals surface area contributed by atoms with Crippen LogP contribution in [-0.4, -0.2) is 11.6 Å². The lowest BCUT2D eigenvalue weighted by Gasteiger charge is -2.15. The summed E-state index contributed by atoms with van der Waals surface area (Å²) in [6.45, 7) is 0. The van der Waals surface area contributed by atoms with Gasteiger partial charge in [0.05, 0.1) is 5.92 Å². The molecule has 0 heterocycles. The summed E-state index contributed by atoms with van der Waals surface area (Å²) in [7, 11) is 0. The van der Waals surface area contributed by atoms with Crippen LogP contribution in [0.2, 0.25) is 0 Å². The molecule has 1 aromatic carbocycles. The number of hydrogen-bond acceptors (Lipinski definition) is 2. The van der Waals surface area contributed by atoms with Crippen LogP contribution < -0.4 is 0 Å². The molecule has 0 bridgehead atoms. The Labute approximate surface area is 95.0 Å². The number of carbonyl (C=O) groups excluding carboxylic acids is 2. The van der Waals surface area contributed by atoms with Crippen molar-refractivity contribution in [2.45, 2.75) is 19.3 Å². The van der Waals surface area contributed by atoms with Crippen molar-refractivity contribution in [1.29, 1.82) is 0 Å². The lowest BCUT2D eigenvalue weighted by atomic mass is 9.86. The van der Waals surface area contributed by atoms with E-state index in [1.807, 2.05) is 30.3 Å². The number of benzene rings is 1. The topological polar surface area (TPSA) is 34.1 Å². The average Bonchev–Trinajstić information content (AvgIpc) is 2.30. The van der Waals surface area contributed by atoms with Crippen molar-refractivity contribution in [3.8, 4) is 0 Å². The zero-order valence-electron chi connectivity index (χ0n) is 8.98. The third-order valence-electron chi connectivity index (χ3n) is 2.73. The summed E-state index contributed by atoms with van der Waals surface area (Å²) < 4.78 is 0. The van der Waals surface area contributed by atoms with Crippen LogP contribution in [-0.2, 0) is 9.59 Å². The zero-order chi connectivity index (χ0) is 11.4. The van der Waals surface area contributed by atoms with Gasteiger partial charge in [0.15, 0.2) is 0 Å². The monoisotopic (exact) mass is 213 g/mol. The van der Waals surface area contributed by atoms with E-state index in [4.69, 9.17) is 0 Å². The molecule has 16 heavy (non-hydrogen) atoms. The quantitative estimate of drug-likeness (QED) is 0.706. The van der Waals surface area contributed by atoms with Gasteiger partial charge in [-0.15, -0.1) is 0 Å². The molecule has 1 aromatic rings. The molecule has 1 saturated carbocycles. The van der Waals surface area contributed by atoms with E-state index in [1.165, 1.54) is 0 Å². The maximum atomic E-state index is 11.5. The van der Waals surface area contributed by atoms with Gasteiger partial charge in [0.1, 0.15) is 11.6 Å². The summed E-state index contributed by atoms with van der Waals surface area (Å²) >= 11 is 0. The van der Waals surface area contributed by atoms with E-state index in [0.29, 0.717) is 19.3 Å². The van der Waals surface area contributed by atoms with E-state index in [1.54, 1.807) is 6.08 Å². The summed E-state index contributed by atoms with van der Waals surface area (Å²) in [5.74, 6) is -0.506. The van der Waals surface area contributed by atoms with Gasteiger partial charge in [0.2, 0.25) is 0 Å². The first-order valence-corrected chi connectivity index (χ1v) is 5.48.